The van der Waals surface area contributed by atoms with Gasteiger partial charge in [-0.25, -0.2) is 13.3 Å². The molecule has 2 aromatic rings. The topological polar surface area (TPSA) is 102 Å². The van der Waals surface area contributed by atoms with Crippen molar-refractivity contribution in [3.05, 3.63) is 70.8 Å². The van der Waals surface area contributed by atoms with Gasteiger partial charge in [-0.3, -0.25) is 9.59 Å². The summed E-state index contributed by atoms with van der Waals surface area (Å²) >= 11 is 0. The number of imide groups is 1. The van der Waals surface area contributed by atoms with Crippen molar-refractivity contribution in [2.24, 2.45) is 0 Å². The highest BCUT2D eigenvalue weighted by atomic mass is 32.2. The standard InChI is InChI=1S/C29H31F3N4O4S/c1-21-25(28(38)36(27(21)37)23-13-12-22(20-33)26(19-23)29(30,31)32)11-7-2-3-8-14-34-15-17-35(18-16-34)41(39,40)24-9-5-4-6-10-24/h4-6,9-10,12-13,19H,2-3,7-8,11,14-18H2,1H3. The third kappa shape index (κ3) is 6.69. The van der Waals surface area contributed by atoms with Gasteiger partial charge >= 0.3 is 6.18 Å². The zero-order valence-corrected chi connectivity index (χ0v) is 23.5. The first-order chi connectivity index (χ1) is 19.4. The Morgan fingerprint density at radius 2 is 1.56 bits per heavy atom. The quantitative estimate of drug-likeness (QED) is 0.294. The number of carbonyl (C=O) groups is 2. The zero-order chi connectivity index (χ0) is 29.8. The van der Waals surface area contributed by atoms with E-state index in [0.717, 1.165) is 36.8 Å². The van der Waals surface area contributed by atoms with Crippen molar-refractivity contribution in [1.82, 2.24) is 9.21 Å². The molecule has 0 radical (unpaired) electrons. The van der Waals surface area contributed by atoms with Gasteiger partial charge in [0.15, 0.2) is 0 Å². The van der Waals surface area contributed by atoms with E-state index in [1.54, 1.807) is 30.3 Å². The van der Waals surface area contributed by atoms with Crippen molar-refractivity contribution < 1.29 is 31.2 Å². The van der Waals surface area contributed by atoms with Crippen LogP contribution in [0, 0.1) is 11.3 Å². The Bertz CT molecular complexity index is 1480. The minimum Gasteiger partial charge on any atom is -0.301 e. The summed E-state index contributed by atoms with van der Waals surface area (Å²) < 4.78 is 67.2. The lowest BCUT2D eigenvalue weighted by Crippen LogP contribution is -2.48. The molecule has 4 rings (SSSR count). The number of alkyl halides is 3. The molecule has 2 aliphatic heterocycles. The van der Waals surface area contributed by atoms with E-state index in [1.165, 1.54) is 23.4 Å². The second-order valence-electron chi connectivity index (χ2n) is 10.1. The lowest BCUT2D eigenvalue weighted by Gasteiger charge is -2.34. The van der Waals surface area contributed by atoms with Crippen molar-refractivity contribution >= 4 is 27.5 Å². The van der Waals surface area contributed by atoms with Gasteiger partial charge in [0.25, 0.3) is 11.8 Å². The van der Waals surface area contributed by atoms with Gasteiger partial charge in [-0.1, -0.05) is 31.0 Å². The second-order valence-corrected chi connectivity index (χ2v) is 12.0. The molecule has 2 amide bonds. The third-order valence-electron chi connectivity index (χ3n) is 7.49. The number of nitriles is 1. The summed E-state index contributed by atoms with van der Waals surface area (Å²) in [5, 5.41) is 9.01. The molecule has 218 valence electrons. The van der Waals surface area contributed by atoms with Gasteiger partial charge in [0.1, 0.15) is 0 Å². The van der Waals surface area contributed by atoms with Gasteiger partial charge in [0.2, 0.25) is 10.0 Å². The smallest absolute Gasteiger partial charge is 0.301 e. The molecule has 2 aromatic carbocycles. The van der Waals surface area contributed by atoms with E-state index < -0.39 is 39.1 Å². The van der Waals surface area contributed by atoms with E-state index in [4.69, 9.17) is 5.26 Å². The first-order valence-electron chi connectivity index (χ1n) is 13.4. The van der Waals surface area contributed by atoms with E-state index in [-0.39, 0.29) is 11.3 Å². The molecule has 8 nitrogen and oxygen atoms in total. The number of nitrogens with zero attached hydrogens (tertiary/aromatic N) is 4. The summed E-state index contributed by atoms with van der Waals surface area (Å²) in [7, 11) is -3.49. The number of benzene rings is 2. The van der Waals surface area contributed by atoms with Crippen LogP contribution in [0.2, 0.25) is 0 Å². The van der Waals surface area contributed by atoms with Crippen molar-refractivity contribution in [2.45, 2.75) is 50.1 Å². The fourth-order valence-electron chi connectivity index (χ4n) is 5.14. The maximum Gasteiger partial charge on any atom is 0.417 e. The fourth-order valence-corrected chi connectivity index (χ4v) is 6.59. The van der Waals surface area contributed by atoms with Gasteiger partial charge in [0, 0.05) is 37.3 Å². The van der Waals surface area contributed by atoms with Crippen LogP contribution in [-0.2, 0) is 25.8 Å². The monoisotopic (exact) mass is 588 g/mol. The Labute approximate surface area is 237 Å². The Hall–Kier alpha value is -3.53. The Kier molecular flexibility index (Phi) is 9.31. The van der Waals surface area contributed by atoms with Crippen molar-refractivity contribution in [3.63, 3.8) is 0 Å². The lowest BCUT2D eigenvalue weighted by molar-refractivity contribution is -0.138. The van der Waals surface area contributed by atoms with Crippen LogP contribution >= 0.6 is 0 Å². The molecule has 2 heterocycles. The van der Waals surface area contributed by atoms with E-state index in [0.29, 0.717) is 55.6 Å². The van der Waals surface area contributed by atoms with Crippen molar-refractivity contribution in [2.75, 3.05) is 37.6 Å². The number of halogens is 3. The number of anilines is 1. The number of sulfonamides is 1. The number of carbonyl (C=O) groups excluding carboxylic acids is 2. The highest BCUT2D eigenvalue weighted by Gasteiger charge is 2.39. The molecule has 12 heteroatoms. The predicted octanol–water partition coefficient (Wildman–Crippen LogP) is 4.72. The van der Waals surface area contributed by atoms with Gasteiger partial charge < -0.3 is 4.90 Å². The first-order valence-corrected chi connectivity index (χ1v) is 14.9. The Morgan fingerprint density at radius 1 is 0.902 bits per heavy atom. The molecule has 2 aliphatic rings. The van der Waals surface area contributed by atoms with Gasteiger partial charge in [-0.05, 0) is 63.1 Å². The highest BCUT2D eigenvalue weighted by Crippen LogP contribution is 2.37. The maximum absolute atomic E-state index is 13.4. The SMILES string of the molecule is CC1=C(CCCCCCN2CCN(S(=O)(=O)c3ccccc3)CC2)C(=O)N(c2ccc(C#N)c(C(F)(F)F)c2)C1=O. The number of hydrogen-bond acceptors (Lipinski definition) is 6. The molecule has 0 saturated carbocycles. The van der Waals surface area contributed by atoms with E-state index in [2.05, 4.69) is 4.90 Å². The summed E-state index contributed by atoms with van der Waals surface area (Å²) in [5.74, 6) is -1.29. The fraction of sp³-hybridized carbons (Fsp3) is 0.414. The molecule has 41 heavy (non-hydrogen) atoms. The summed E-state index contributed by atoms with van der Waals surface area (Å²) in [6.45, 7) is 4.49. The number of unbranched alkanes of at least 4 members (excludes halogenated alkanes) is 3. The molecule has 0 bridgehead atoms. The number of hydrogen-bond donors (Lipinski definition) is 0. The average molecular weight is 589 g/mol. The molecule has 0 aliphatic carbocycles. The lowest BCUT2D eigenvalue weighted by atomic mass is 10.0. The third-order valence-corrected chi connectivity index (χ3v) is 9.40. The minimum atomic E-state index is -4.80. The number of piperazine rings is 1. The largest absolute Gasteiger partial charge is 0.417 e. The molecule has 0 spiro atoms. The number of rotatable bonds is 10. The molecule has 1 fully saturated rings. The second kappa shape index (κ2) is 12.5. The molecule has 1 saturated heterocycles. The van der Waals surface area contributed by atoms with Gasteiger partial charge in [-0.2, -0.15) is 22.7 Å². The van der Waals surface area contributed by atoms with E-state index in [9.17, 15) is 31.2 Å². The van der Waals surface area contributed by atoms with E-state index in [1.807, 2.05) is 0 Å². The predicted molar refractivity (Wildman–Crippen MR) is 146 cm³/mol. The summed E-state index contributed by atoms with van der Waals surface area (Å²) in [6, 6.07) is 12.7. The minimum absolute atomic E-state index is 0.211. The summed E-state index contributed by atoms with van der Waals surface area (Å²) in [5.41, 5.74) is -1.47. The van der Waals surface area contributed by atoms with Crippen LogP contribution in [0.15, 0.2) is 64.6 Å². The van der Waals surface area contributed by atoms with Crippen LogP contribution in [0.1, 0.15) is 50.2 Å². The Balaban J connectivity index is 1.22. The summed E-state index contributed by atoms with van der Waals surface area (Å²) in [6.07, 6.45) is -1.24. The zero-order valence-electron chi connectivity index (χ0n) is 22.7. The average Bonchev–Trinajstić information content (AvgIpc) is 3.17. The van der Waals surface area contributed by atoms with E-state index >= 15 is 0 Å². The van der Waals surface area contributed by atoms with Crippen LogP contribution in [0.3, 0.4) is 0 Å². The van der Waals surface area contributed by atoms with Crippen molar-refractivity contribution in [3.8, 4) is 6.07 Å². The molecular weight excluding hydrogens is 557 g/mol. The summed E-state index contributed by atoms with van der Waals surface area (Å²) in [4.78, 5) is 29.1. The number of amides is 2. The van der Waals surface area contributed by atoms with Crippen LogP contribution in [-0.4, -0.2) is 62.2 Å². The van der Waals surface area contributed by atoms with Crippen LogP contribution in [0.4, 0.5) is 18.9 Å². The van der Waals surface area contributed by atoms with Gasteiger partial charge in [-0.15, -0.1) is 0 Å². The van der Waals surface area contributed by atoms with Crippen molar-refractivity contribution in [1.29, 1.82) is 5.26 Å². The molecule has 0 aromatic heterocycles. The van der Waals surface area contributed by atoms with Gasteiger partial charge in [0.05, 0.1) is 27.8 Å². The maximum atomic E-state index is 13.4. The molecule has 0 N–H and O–H groups in total. The van der Waals surface area contributed by atoms with Crippen LogP contribution < -0.4 is 4.90 Å². The Morgan fingerprint density at radius 3 is 2.20 bits per heavy atom. The molecule has 0 atom stereocenters. The van der Waals surface area contributed by atoms with Crippen LogP contribution in [0.25, 0.3) is 0 Å². The normalized spacial score (nSPS) is 17.4. The molecule has 0 unspecified atom stereocenters. The first kappa shape index (κ1) is 30.4. The highest BCUT2D eigenvalue weighted by molar-refractivity contribution is 7.89. The molecular formula is C29H31F3N4O4S. The van der Waals surface area contributed by atoms with Crippen LogP contribution in [0.5, 0.6) is 0 Å².